The molecule has 0 unspecified atom stereocenters. The van der Waals surface area contributed by atoms with Crippen LogP contribution >= 0.6 is 0 Å². The number of carbonyl (C=O) groups is 1. The average molecular weight is 309 g/mol. The molecule has 0 N–H and O–H groups in total. The molecule has 0 bridgehead atoms. The van der Waals surface area contributed by atoms with Gasteiger partial charge in [0, 0.05) is 11.1 Å². The van der Waals surface area contributed by atoms with Crippen molar-refractivity contribution in [2.45, 2.75) is 32.7 Å². The number of esters is 1. The van der Waals surface area contributed by atoms with Crippen LogP contribution in [0.3, 0.4) is 0 Å². The third-order valence-corrected chi connectivity index (χ3v) is 3.50. The van der Waals surface area contributed by atoms with Crippen molar-refractivity contribution in [2.24, 2.45) is 4.99 Å². The highest BCUT2D eigenvalue weighted by molar-refractivity contribution is 6.13. The Kier molecular flexibility index (Phi) is 6.55. The summed E-state index contributed by atoms with van der Waals surface area (Å²) in [5.74, 6) is -0.251. The van der Waals surface area contributed by atoms with Gasteiger partial charge in [-0.25, -0.2) is 4.79 Å². The Morgan fingerprint density at radius 3 is 1.91 bits per heavy atom. The van der Waals surface area contributed by atoms with E-state index in [0.29, 0.717) is 13.0 Å². The van der Waals surface area contributed by atoms with Crippen LogP contribution in [0.1, 0.15) is 37.8 Å². The highest BCUT2D eigenvalue weighted by Crippen LogP contribution is 2.15. The Labute approximate surface area is 138 Å². The Bertz CT molecular complexity index is 594. The van der Waals surface area contributed by atoms with Gasteiger partial charge < -0.3 is 4.74 Å². The summed E-state index contributed by atoms with van der Waals surface area (Å²) in [5.41, 5.74) is 2.84. The van der Waals surface area contributed by atoms with Crippen molar-refractivity contribution >= 4 is 11.7 Å². The molecule has 3 heteroatoms. The number of hydrogen-bond acceptors (Lipinski definition) is 3. The normalized spacial score (nSPS) is 11.6. The van der Waals surface area contributed by atoms with Crippen LogP contribution in [0.25, 0.3) is 0 Å². The van der Waals surface area contributed by atoms with Gasteiger partial charge in [-0.3, -0.25) is 4.99 Å². The molecule has 0 fully saturated rings. The maximum Gasteiger partial charge on any atom is 0.330 e. The van der Waals surface area contributed by atoms with Crippen molar-refractivity contribution in [3.05, 3.63) is 71.8 Å². The predicted octanol–water partition coefficient (Wildman–Crippen LogP) is 4.26. The summed E-state index contributed by atoms with van der Waals surface area (Å²) in [6.45, 7) is 4.24. The molecule has 0 aliphatic rings. The first-order valence-corrected chi connectivity index (χ1v) is 8.11. The molecule has 2 aromatic rings. The Hall–Kier alpha value is -2.42. The van der Waals surface area contributed by atoms with Crippen LogP contribution < -0.4 is 0 Å². The van der Waals surface area contributed by atoms with Crippen LogP contribution in [0, 0.1) is 0 Å². The van der Waals surface area contributed by atoms with Gasteiger partial charge in [-0.2, -0.15) is 0 Å². The van der Waals surface area contributed by atoms with Crippen LogP contribution in [0.2, 0.25) is 0 Å². The summed E-state index contributed by atoms with van der Waals surface area (Å²) >= 11 is 0. The van der Waals surface area contributed by atoms with Crippen molar-refractivity contribution in [2.75, 3.05) is 6.61 Å². The van der Waals surface area contributed by atoms with E-state index >= 15 is 0 Å². The number of aliphatic imine (C=N–C) groups is 1. The van der Waals surface area contributed by atoms with Crippen molar-refractivity contribution in [1.29, 1.82) is 0 Å². The predicted molar refractivity (Wildman–Crippen MR) is 93.9 cm³/mol. The third kappa shape index (κ3) is 4.78. The van der Waals surface area contributed by atoms with Crippen molar-refractivity contribution in [1.82, 2.24) is 0 Å². The van der Waals surface area contributed by atoms with Gasteiger partial charge in [0.1, 0.15) is 6.04 Å². The Balaban J connectivity index is 2.45. The van der Waals surface area contributed by atoms with E-state index in [0.717, 1.165) is 23.3 Å². The zero-order valence-electron chi connectivity index (χ0n) is 13.7. The van der Waals surface area contributed by atoms with Crippen LogP contribution in [-0.2, 0) is 9.53 Å². The highest BCUT2D eigenvalue weighted by atomic mass is 16.5. The molecule has 23 heavy (non-hydrogen) atoms. The molecule has 0 aromatic heterocycles. The lowest BCUT2D eigenvalue weighted by atomic mass is 10.0. The van der Waals surface area contributed by atoms with Gasteiger partial charge in [0.15, 0.2) is 0 Å². The largest absolute Gasteiger partial charge is 0.464 e. The standard InChI is InChI=1S/C20H23NO2/c1-3-11-18(20(22)23-4-2)21-19(16-12-7-5-8-13-16)17-14-9-6-10-15-17/h5-10,12-15,18H,3-4,11H2,1-2H3/t18-/m1/s1. The third-order valence-electron chi connectivity index (χ3n) is 3.50. The van der Waals surface area contributed by atoms with Crippen LogP contribution in [0.4, 0.5) is 0 Å². The molecular weight excluding hydrogens is 286 g/mol. The first-order valence-electron chi connectivity index (χ1n) is 8.11. The summed E-state index contributed by atoms with van der Waals surface area (Å²) < 4.78 is 5.18. The molecular formula is C20H23NO2. The zero-order valence-corrected chi connectivity index (χ0v) is 13.7. The molecule has 2 aromatic carbocycles. The second-order valence-electron chi connectivity index (χ2n) is 5.27. The lowest BCUT2D eigenvalue weighted by Gasteiger charge is -2.14. The minimum Gasteiger partial charge on any atom is -0.464 e. The molecule has 0 saturated heterocycles. The maximum atomic E-state index is 12.2. The van der Waals surface area contributed by atoms with Gasteiger partial charge in [0.05, 0.1) is 12.3 Å². The van der Waals surface area contributed by atoms with E-state index in [-0.39, 0.29) is 5.97 Å². The van der Waals surface area contributed by atoms with Crippen molar-refractivity contribution in [3.8, 4) is 0 Å². The molecule has 120 valence electrons. The number of nitrogens with zero attached hydrogens (tertiary/aromatic N) is 1. The van der Waals surface area contributed by atoms with Crippen LogP contribution in [0.15, 0.2) is 65.7 Å². The fourth-order valence-corrected chi connectivity index (χ4v) is 2.41. The number of hydrogen-bond donors (Lipinski definition) is 0. The first kappa shape index (κ1) is 16.9. The van der Waals surface area contributed by atoms with Crippen LogP contribution in [0.5, 0.6) is 0 Å². The number of benzene rings is 2. The van der Waals surface area contributed by atoms with E-state index in [1.165, 1.54) is 0 Å². The summed E-state index contributed by atoms with van der Waals surface area (Å²) in [7, 11) is 0. The van der Waals surface area contributed by atoms with E-state index in [1.54, 1.807) is 0 Å². The summed E-state index contributed by atoms with van der Waals surface area (Å²) in [6.07, 6.45) is 1.56. The summed E-state index contributed by atoms with van der Waals surface area (Å²) in [4.78, 5) is 17.0. The smallest absolute Gasteiger partial charge is 0.330 e. The fraction of sp³-hybridized carbons (Fsp3) is 0.300. The van der Waals surface area contributed by atoms with E-state index in [1.807, 2.05) is 74.5 Å². The minimum atomic E-state index is -0.463. The molecule has 0 amide bonds. The van der Waals surface area contributed by atoms with Crippen LogP contribution in [-0.4, -0.2) is 24.3 Å². The quantitative estimate of drug-likeness (QED) is 0.566. The highest BCUT2D eigenvalue weighted by Gasteiger charge is 2.19. The van der Waals surface area contributed by atoms with E-state index in [2.05, 4.69) is 0 Å². The number of ether oxygens (including phenoxy) is 1. The Morgan fingerprint density at radius 1 is 0.957 bits per heavy atom. The van der Waals surface area contributed by atoms with E-state index in [4.69, 9.17) is 9.73 Å². The first-order chi connectivity index (χ1) is 11.3. The molecule has 1 atom stereocenters. The molecule has 0 spiro atoms. The van der Waals surface area contributed by atoms with Gasteiger partial charge in [0.2, 0.25) is 0 Å². The second-order valence-corrected chi connectivity index (χ2v) is 5.27. The topological polar surface area (TPSA) is 38.7 Å². The molecule has 0 aliphatic heterocycles. The SMILES string of the molecule is CCC[C@@H](N=C(c1ccccc1)c1ccccc1)C(=O)OCC. The molecule has 0 radical (unpaired) electrons. The van der Waals surface area contributed by atoms with Gasteiger partial charge in [-0.05, 0) is 13.3 Å². The van der Waals surface area contributed by atoms with Crippen molar-refractivity contribution in [3.63, 3.8) is 0 Å². The average Bonchev–Trinajstić information content (AvgIpc) is 2.60. The minimum absolute atomic E-state index is 0.251. The van der Waals surface area contributed by atoms with Gasteiger partial charge in [-0.15, -0.1) is 0 Å². The lowest BCUT2D eigenvalue weighted by molar-refractivity contribution is -0.144. The van der Waals surface area contributed by atoms with Crippen molar-refractivity contribution < 1.29 is 9.53 Å². The fourth-order valence-electron chi connectivity index (χ4n) is 2.41. The molecule has 2 rings (SSSR count). The van der Waals surface area contributed by atoms with E-state index in [9.17, 15) is 4.79 Å². The number of carbonyl (C=O) groups excluding carboxylic acids is 1. The lowest BCUT2D eigenvalue weighted by Crippen LogP contribution is -2.23. The van der Waals surface area contributed by atoms with E-state index < -0.39 is 6.04 Å². The summed E-state index contributed by atoms with van der Waals surface area (Å²) in [5, 5.41) is 0. The maximum absolute atomic E-state index is 12.2. The molecule has 0 heterocycles. The Morgan fingerprint density at radius 2 is 1.48 bits per heavy atom. The van der Waals surface area contributed by atoms with Gasteiger partial charge in [0.25, 0.3) is 0 Å². The van der Waals surface area contributed by atoms with Gasteiger partial charge >= 0.3 is 5.97 Å². The van der Waals surface area contributed by atoms with Gasteiger partial charge in [-0.1, -0.05) is 74.0 Å². The number of rotatable bonds is 7. The summed E-state index contributed by atoms with van der Waals surface area (Å²) in [6, 6.07) is 19.5. The zero-order chi connectivity index (χ0) is 16.5. The molecule has 0 aliphatic carbocycles. The second kappa shape index (κ2) is 8.89. The molecule has 3 nitrogen and oxygen atoms in total. The molecule has 0 saturated carbocycles. The monoisotopic (exact) mass is 309 g/mol.